The fraction of sp³-hybridized carbons (Fsp3) is 0. The van der Waals surface area contributed by atoms with Crippen LogP contribution >= 0.6 is 0 Å². The van der Waals surface area contributed by atoms with Crippen molar-refractivity contribution in [3.05, 3.63) is 192 Å². The summed E-state index contributed by atoms with van der Waals surface area (Å²) in [5.41, 5.74) is 12.1. The van der Waals surface area contributed by atoms with Gasteiger partial charge in [-0.05, 0) is 55.7 Å². The molecule has 6 aromatic carbocycles. The normalized spacial score (nSPS) is 11.6. The molecule has 0 bridgehead atoms. The van der Waals surface area contributed by atoms with Crippen LogP contribution in [0.15, 0.2) is 170 Å². The highest BCUT2D eigenvalue weighted by molar-refractivity contribution is 6.04. The van der Waals surface area contributed by atoms with E-state index in [0.717, 1.165) is 0 Å². The van der Waals surface area contributed by atoms with E-state index in [1.54, 1.807) is 0 Å². The molecule has 0 aliphatic carbocycles. The Morgan fingerprint density at radius 2 is 0.447 bits per heavy atom. The molecule has 0 radical (unpaired) electrons. The molecule has 0 heterocycles. The molecule has 0 amide bonds. The standard InChI is InChI=1S/C38H28/c1-5-13-29(14-6-1)31-21-25-35(26-22-31)37(33-17-9-3-10-18-33)38(34-19-11-4-12-20-34)36-27-23-32(24-28-36)30-15-7-2-8-16-30/h1-28H/b38-37+. The maximum atomic E-state index is 2.26. The summed E-state index contributed by atoms with van der Waals surface area (Å²) in [5.74, 6) is 0. The second-order valence-corrected chi connectivity index (χ2v) is 9.37. The van der Waals surface area contributed by atoms with Crippen LogP contribution in [0.2, 0.25) is 0 Å². The van der Waals surface area contributed by atoms with Gasteiger partial charge in [-0.3, -0.25) is 0 Å². The van der Waals surface area contributed by atoms with Gasteiger partial charge in [-0.25, -0.2) is 0 Å². The predicted molar refractivity (Wildman–Crippen MR) is 162 cm³/mol. The van der Waals surface area contributed by atoms with E-state index < -0.39 is 0 Å². The van der Waals surface area contributed by atoms with Gasteiger partial charge in [0.05, 0.1) is 0 Å². The van der Waals surface area contributed by atoms with Gasteiger partial charge in [0.1, 0.15) is 0 Å². The molecular formula is C38H28. The van der Waals surface area contributed by atoms with Gasteiger partial charge in [0.15, 0.2) is 0 Å². The van der Waals surface area contributed by atoms with Crippen molar-refractivity contribution in [2.75, 3.05) is 0 Å². The number of hydrogen-bond donors (Lipinski definition) is 0. The molecule has 0 saturated carbocycles. The van der Waals surface area contributed by atoms with Crippen LogP contribution in [0.5, 0.6) is 0 Å². The monoisotopic (exact) mass is 484 g/mol. The molecule has 0 unspecified atom stereocenters. The van der Waals surface area contributed by atoms with Gasteiger partial charge < -0.3 is 0 Å². The molecule has 0 spiro atoms. The van der Waals surface area contributed by atoms with E-state index in [1.165, 1.54) is 55.7 Å². The largest absolute Gasteiger partial charge is 0.0622 e. The minimum absolute atomic E-state index is 1.20. The molecule has 180 valence electrons. The SMILES string of the molecule is c1ccc(/C(=C(/c2ccccc2)c2ccc(-c3ccccc3)cc2)c2ccc(-c3ccccc3)cc2)cc1. The summed E-state index contributed by atoms with van der Waals surface area (Å²) < 4.78 is 0. The second-order valence-electron chi connectivity index (χ2n) is 9.37. The minimum atomic E-state index is 1.20. The van der Waals surface area contributed by atoms with E-state index in [0.29, 0.717) is 0 Å². The molecule has 0 atom stereocenters. The Kier molecular flexibility index (Phi) is 6.78. The zero-order valence-electron chi connectivity index (χ0n) is 21.2. The van der Waals surface area contributed by atoms with Gasteiger partial charge in [0, 0.05) is 0 Å². The quantitative estimate of drug-likeness (QED) is 0.206. The smallest absolute Gasteiger partial charge is 0.00268 e. The van der Waals surface area contributed by atoms with E-state index >= 15 is 0 Å². The van der Waals surface area contributed by atoms with Crippen molar-refractivity contribution in [2.24, 2.45) is 0 Å². The number of benzene rings is 6. The lowest BCUT2D eigenvalue weighted by molar-refractivity contribution is 1.49. The molecule has 38 heavy (non-hydrogen) atoms. The van der Waals surface area contributed by atoms with E-state index in [-0.39, 0.29) is 0 Å². The van der Waals surface area contributed by atoms with Gasteiger partial charge >= 0.3 is 0 Å². The van der Waals surface area contributed by atoms with Crippen molar-refractivity contribution in [1.29, 1.82) is 0 Å². The topological polar surface area (TPSA) is 0 Å². The molecule has 0 aliphatic heterocycles. The Bertz CT molecular complexity index is 1500. The molecular weight excluding hydrogens is 456 g/mol. The molecule has 0 nitrogen and oxygen atoms in total. The lowest BCUT2D eigenvalue weighted by atomic mass is 9.85. The molecule has 0 heteroatoms. The first kappa shape index (κ1) is 23.5. The molecule has 6 aromatic rings. The maximum Gasteiger partial charge on any atom is -0.00268 e. The molecule has 0 N–H and O–H groups in total. The van der Waals surface area contributed by atoms with Crippen LogP contribution in [0.1, 0.15) is 22.3 Å². The summed E-state index contributed by atoms with van der Waals surface area (Å²) in [6.07, 6.45) is 0. The minimum Gasteiger partial charge on any atom is -0.0622 e. The van der Waals surface area contributed by atoms with Crippen molar-refractivity contribution < 1.29 is 0 Å². The van der Waals surface area contributed by atoms with E-state index in [2.05, 4.69) is 170 Å². The molecule has 0 aliphatic rings. The van der Waals surface area contributed by atoms with Crippen LogP contribution < -0.4 is 0 Å². The van der Waals surface area contributed by atoms with Crippen LogP contribution in [0.4, 0.5) is 0 Å². The Morgan fingerprint density at radius 1 is 0.211 bits per heavy atom. The van der Waals surface area contributed by atoms with E-state index in [9.17, 15) is 0 Å². The Morgan fingerprint density at radius 3 is 0.763 bits per heavy atom. The molecule has 0 fully saturated rings. The summed E-state index contributed by atoms with van der Waals surface area (Å²) in [6, 6.07) is 60.5. The summed E-state index contributed by atoms with van der Waals surface area (Å²) in [5, 5.41) is 0. The Balaban J connectivity index is 1.55. The fourth-order valence-corrected chi connectivity index (χ4v) is 5.04. The van der Waals surface area contributed by atoms with Crippen molar-refractivity contribution in [1.82, 2.24) is 0 Å². The third-order valence-electron chi connectivity index (χ3n) is 6.94. The summed E-state index contributed by atoms with van der Waals surface area (Å²) in [4.78, 5) is 0. The lowest BCUT2D eigenvalue weighted by Crippen LogP contribution is -1.97. The van der Waals surface area contributed by atoms with Gasteiger partial charge in [0.25, 0.3) is 0 Å². The average Bonchev–Trinajstić information content (AvgIpc) is 3.02. The highest BCUT2D eigenvalue weighted by Crippen LogP contribution is 2.38. The zero-order valence-corrected chi connectivity index (χ0v) is 21.2. The van der Waals surface area contributed by atoms with Gasteiger partial charge in [-0.2, -0.15) is 0 Å². The van der Waals surface area contributed by atoms with Crippen LogP contribution in [0, 0.1) is 0 Å². The summed E-state index contributed by atoms with van der Waals surface area (Å²) >= 11 is 0. The molecule has 6 rings (SSSR count). The maximum absolute atomic E-state index is 2.26. The second kappa shape index (κ2) is 11.0. The van der Waals surface area contributed by atoms with Gasteiger partial charge in [0.2, 0.25) is 0 Å². The van der Waals surface area contributed by atoms with Crippen molar-refractivity contribution in [3.8, 4) is 22.3 Å². The number of hydrogen-bond acceptors (Lipinski definition) is 0. The number of rotatable bonds is 6. The first-order valence-electron chi connectivity index (χ1n) is 13.0. The van der Waals surface area contributed by atoms with Crippen molar-refractivity contribution in [2.45, 2.75) is 0 Å². The Hall–Kier alpha value is -4.94. The predicted octanol–water partition coefficient (Wildman–Crippen LogP) is 10.0. The third-order valence-corrected chi connectivity index (χ3v) is 6.94. The molecule has 0 aromatic heterocycles. The highest BCUT2D eigenvalue weighted by Gasteiger charge is 2.16. The summed E-state index contributed by atoms with van der Waals surface area (Å²) in [7, 11) is 0. The fourth-order valence-electron chi connectivity index (χ4n) is 5.04. The van der Waals surface area contributed by atoms with Crippen LogP contribution in [-0.4, -0.2) is 0 Å². The third kappa shape index (κ3) is 4.98. The van der Waals surface area contributed by atoms with Gasteiger partial charge in [-0.15, -0.1) is 0 Å². The molecule has 0 saturated heterocycles. The first-order chi connectivity index (χ1) is 18.9. The lowest BCUT2D eigenvalue weighted by Gasteiger charge is -2.19. The van der Waals surface area contributed by atoms with E-state index in [4.69, 9.17) is 0 Å². The zero-order chi connectivity index (χ0) is 25.6. The Labute approximate surface area is 225 Å². The van der Waals surface area contributed by atoms with Crippen molar-refractivity contribution in [3.63, 3.8) is 0 Å². The van der Waals surface area contributed by atoms with Crippen LogP contribution in [-0.2, 0) is 0 Å². The highest BCUT2D eigenvalue weighted by atomic mass is 14.2. The first-order valence-corrected chi connectivity index (χ1v) is 13.0. The van der Waals surface area contributed by atoms with Crippen LogP contribution in [0.3, 0.4) is 0 Å². The van der Waals surface area contributed by atoms with Gasteiger partial charge in [-0.1, -0.05) is 170 Å². The van der Waals surface area contributed by atoms with Crippen molar-refractivity contribution >= 4 is 11.1 Å². The van der Waals surface area contributed by atoms with E-state index in [1.807, 2.05) is 0 Å². The summed E-state index contributed by atoms with van der Waals surface area (Å²) in [6.45, 7) is 0. The average molecular weight is 485 g/mol. The van der Waals surface area contributed by atoms with Crippen LogP contribution in [0.25, 0.3) is 33.4 Å².